The van der Waals surface area contributed by atoms with Gasteiger partial charge < -0.3 is 25.0 Å². The molecule has 254 valence electrons. The van der Waals surface area contributed by atoms with Crippen LogP contribution < -0.4 is 10.6 Å². The van der Waals surface area contributed by atoms with Crippen molar-refractivity contribution in [1.29, 1.82) is 0 Å². The van der Waals surface area contributed by atoms with E-state index in [1.165, 1.54) is 4.90 Å². The molecule has 3 amide bonds. The fourth-order valence-corrected chi connectivity index (χ4v) is 5.29. The van der Waals surface area contributed by atoms with Crippen molar-refractivity contribution in [2.45, 2.75) is 110 Å². The summed E-state index contributed by atoms with van der Waals surface area (Å²) in [5.74, 6) is -0.861. The quantitative estimate of drug-likeness (QED) is 0.158. The van der Waals surface area contributed by atoms with Crippen LogP contribution in [0.5, 0.6) is 0 Å². The molecule has 0 fully saturated rings. The van der Waals surface area contributed by atoms with Crippen molar-refractivity contribution in [3.63, 3.8) is 0 Å². The van der Waals surface area contributed by atoms with Gasteiger partial charge in [-0.25, -0.2) is 9.59 Å². The zero-order valence-electron chi connectivity index (χ0n) is 28.8. The second-order valence-electron chi connectivity index (χ2n) is 13.3. The molecule has 0 aromatic heterocycles. The minimum Gasteiger partial charge on any atom is -0.458 e. The largest absolute Gasteiger partial charge is 0.458 e. The summed E-state index contributed by atoms with van der Waals surface area (Å²) in [7, 11) is 0. The average molecular weight is 656 g/mol. The first-order valence-corrected chi connectivity index (χ1v) is 17.5. The number of amides is 3. The molecule has 0 aliphatic carbocycles. The molecule has 2 aromatic carbocycles. The number of carbonyl (C=O) groups excluding carboxylic acids is 4. The third kappa shape index (κ3) is 13.8. The minimum atomic E-state index is -1.07. The third-order valence-corrected chi connectivity index (χ3v) is 7.50. The predicted octanol–water partition coefficient (Wildman–Crippen LogP) is 6.46. The highest BCUT2D eigenvalue weighted by Gasteiger charge is 2.38. The summed E-state index contributed by atoms with van der Waals surface area (Å²) in [5.41, 5.74) is -0.0759. The minimum absolute atomic E-state index is 0.212. The summed E-state index contributed by atoms with van der Waals surface area (Å²) in [6, 6.07) is 15.5. The first-order valence-electron chi connectivity index (χ1n) is 16.1. The summed E-state index contributed by atoms with van der Waals surface area (Å²) in [6.45, 7) is 13.0. The Kier molecular flexibility index (Phi) is 15.6. The van der Waals surface area contributed by atoms with Crippen molar-refractivity contribution in [1.82, 2.24) is 15.5 Å². The molecule has 2 aromatic rings. The lowest BCUT2D eigenvalue weighted by molar-refractivity contribution is -0.159. The van der Waals surface area contributed by atoms with E-state index in [0.29, 0.717) is 24.2 Å². The van der Waals surface area contributed by atoms with Crippen LogP contribution in [-0.4, -0.2) is 70.6 Å². The molecular weight excluding hydrogens is 602 g/mol. The number of nitrogens with zero attached hydrogens (tertiary/aromatic N) is 1. The normalized spacial score (nSPS) is 13.6. The summed E-state index contributed by atoms with van der Waals surface area (Å²) in [5, 5.41) is 5.71. The molecule has 0 spiro atoms. The molecule has 3 unspecified atom stereocenters. The van der Waals surface area contributed by atoms with Gasteiger partial charge in [0.15, 0.2) is 0 Å². The summed E-state index contributed by atoms with van der Waals surface area (Å²) in [6.07, 6.45) is 4.20. The Hall–Kier alpha value is -3.53. The van der Waals surface area contributed by atoms with Crippen molar-refractivity contribution >= 4 is 35.6 Å². The van der Waals surface area contributed by atoms with E-state index < -0.39 is 53.2 Å². The molecule has 9 nitrogen and oxygen atoms in total. The molecule has 3 atom stereocenters. The van der Waals surface area contributed by atoms with Gasteiger partial charge in [-0.15, -0.1) is 0 Å². The topological polar surface area (TPSA) is 114 Å². The van der Waals surface area contributed by atoms with Crippen LogP contribution >= 0.6 is 11.8 Å². The van der Waals surface area contributed by atoms with E-state index in [-0.39, 0.29) is 13.0 Å². The Bertz CT molecular complexity index is 1240. The number of hydrogen-bond donors (Lipinski definition) is 2. The number of hydrogen-bond acceptors (Lipinski definition) is 7. The first-order chi connectivity index (χ1) is 21.6. The average Bonchev–Trinajstić information content (AvgIpc) is 2.97. The highest BCUT2D eigenvalue weighted by atomic mass is 32.2. The lowest BCUT2D eigenvalue weighted by Crippen LogP contribution is -2.55. The maximum Gasteiger partial charge on any atom is 0.408 e. The molecule has 0 saturated carbocycles. The summed E-state index contributed by atoms with van der Waals surface area (Å²) < 4.78 is 11.2. The zero-order chi connectivity index (χ0) is 34.3. The molecule has 10 heteroatoms. The Morgan fingerprint density at radius 2 is 1.39 bits per heavy atom. The highest BCUT2D eigenvalue weighted by Crippen LogP contribution is 2.25. The SMILES string of the molecule is CCCCCN(C(=O)C(CCSC)NC(=O)OC(C)(C)C)C(C(=O)NC(Cc1ccccc1)C(=O)OC(C)(C)C)c1ccccc1. The van der Waals surface area contributed by atoms with Crippen molar-refractivity contribution in [3.8, 4) is 0 Å². The third-order valence-electron chi connectivity index (χ3n) is 6.85. The number of thioether (sulfide) groups is 1. The predicted molar refractivity (Wildman–Crippen MR) is 184 cm³/mol. The van der Waals surface area contributed by atoms with E-state index in [1.54, 1.807) is 65.4 Å². The molecule has 0 radical (unpaired) electrons. The maximum atomic E-state index is 14.4. The standard InChI is InChI=1S/C36H53N3O6S/c1-9-10-17-23-39(32(41)28(22-24-46-8)38-34(43)45-36(5,6)7)30(27-20-15-12-16-21-27)31(40)37-29(33(42)44-35(2,3)4)25-26-18-13-11-14-19-26/h11-16,18-21,28-30H,9-10,17,22-25H2,1-8H3,(H,37,40)(H,38,43). The maximum absolute atomic E-state index is 14.4. The monoisotopic (exact) mass is 655 g/mol. The lowest BCUT2D eigenvalue weighted by Gasteiger charge is -2.35. The van der Waals surface area contributed by atoms with Gasteiger partial charge in [0.05, 0.1) is 0 Å². The fourth-order valence-electron chi connectivity index (χ4n) is 4.82. The molecule has 0 aliphatic rings. The zero-order valence-corrected chi connectivity index (χ0v) is 29.6. The molecule has 0 saturated heterocycles. The Labute approximate surface area is 279 Å². The van der Waals surface area contributed by atoms with Gasteiger partial charge in [-0.2, -0.15) is 11.8 Å². The number of carbonyl (C=O) groups is 4. The number of nitrogens with one attached hydrogen (secondary N) is 2. The van der Waals surface area contributed by atoms with E-state index >= 15 is 0 Å². The lowest BCUT2D eigenvalue weighted by atomic mass is 10.00. The molecular formula is C36H53N3O6S. The molecule has 2 N–H and O–H groups in total. The van der Waals surface area contributed by atoms with Crippen LogP contribution in [0.25, 0.3) is 0 Å². The van der Waals surface area contributed by atoms with Crippen molar-refractivity contribution < 1.29 is 28.7 Å². The van der Waals surface area contributed by atoms with Crippen LogP contribution in [0, 0.1) is 0 Å². The van der Waals surface area contributed by atoms with Gasteiger partial charge in [0.1, 0.15) is 29.3 Å². The molecule has 0 aliphatic heterocycles. The van der Waals surface area contributed by atoms with Crippen molar-refractivity contribution in [3.05, 3.63) is 71.8 Å². The van der Waals surface area contributed by atoms with E-state index in [2.05, 4.69) is 17.6 Å². The Morgan fingerprint density at radius 3 is 1.93 bits per heavy atom. The number of alkyl carbamates (subject to hydrolysis) is 1. The van der Waals surface area contributed by atoms with Crippen LogP contribution in [0.1, 0.15) is 91.3 Å². The van der Waals surface area contributed by atoms with E-state index in [9.17, 15) is 19.2 Å². The fraction of sp³-hybridized carbons (Fsp3) is 0.556. The van der Waals surface area contributed by atoms with Crippen molar-refractivity contribution in [2.75, 3.05) is 18.6 Å². The van der Waals surface area contributed by atoms with Crippen LogP contribution in [0.2, 0.25) is 0 Å². The van der Waals surface area contributed by atoms with Gasteiger partial charge in [-0.05, 0) is 77.5 Å². The van der Waals surface area contributed by atoms with Gasteiger partial charge in [0.25, 0.3) is 0 Å². The van der Waals surface area contributed by atoms with E-state index in [1.807, 2.05) is 54.8 Å². The molecule has 46 heavy (non-hydrogen) atoms. The Morgan fingerprint density at radius 1 is 0.804 bits per heavy atom. The van der Waals surface area contributed by atoms with Crippen LogP contribution in [0.15, 0.2) is 60.7 Å². The van der Waals surface area contributed by atoms with Crippen LogP contribution in [0.3, 0.4) is 0 Å². The van der Waals surface area contributed by atoms with E-state index in [4.69, 9.17) is 9.47 Å². The van der Waals surface area contributed by atoms with Gasteiger partial charge in [-0.1, -0.05) is 80.4 Å². The number of rotatable bonds is 16. The van der Waals surface area contributed by atoms with Crippen molar-refractivity contribution in [2.24, 2.45) is 0 Å². The second kappa shape index (κ2) is 18.6. The van der Waals surface area contributed by atoms with Gasteiger partial charge in [0.2, 0.25) is 11.8 Å². The Balaban J connectivity index is 2.56. The number of unbranched alkanes of at least 4 members (excludes halogenated alkanes) is 2. The second-order valence-corrected chi connectivity index (χ2v) is 14.3. The number of benzene rings is 2. The van der Waals surface area contributed by atoms with Gasteiger partial charge in [0, 0.05) is 13.0 Å². The smallest absolute Gasteiger partial charge is 0.408 e. The molecule has 0 bridgehead atoms. The first kappa shape index (κ1) is 38.7. The van der Waals surface area contributed by atoms with E-state index in [0.717, 1.165) is 18.4 Å². The molecule has 0 heterocycles. The van der Waals surface area contributed by atoms with Gasteiger partial charge >= 0.3 is 12.1 Å². The summed E-state index contributed by atoms with van der Waals surface area (Å²) in [4.78, 5) is 56.7. The van der Waals surface area contributed by atoms with Gasteiger partial charge in [-0.3, -0.25) is 9.59 Å². The number of ether oxygens (including phenoxy) is 2. The molecule has 2 rings (SSSR count). The summed E-state index contributed by atoms with van der Waals surface area (Å²) >= 11 is 1.56. The highest BCUT2D eigenvalue weighted by molar-refractivity contribution is 7.98. The van der Waals surface area contributed by atoms with Crippen LogP contribution in [-0.2, 0) is 30.3 Å². The number of esters is 1. The van der Waals surface area contributed by atoms with Crippen LogP contribution in [0.4, 0.5) is 4.79 Å².